The molecular weight excluding hydrogens is 140 g/mol. The summed E-state index contributed by atoms with van der Waals surface area (Å²) in [5, 5.41) is 0. The molecule has 0 N–H and O–H groups in total. The van der Waals surface area contributed by atoms with Crippen molar-refractivity contribution < 1.29 is 9.21 Å². The summed E-state index contributed by atoms with van der Waals surface area (Å²) in [7, 11) is 0. The van der Waals surface area contributed by atoms with Gasteiger partial charge in [0, 0.05) is 12.8 Å². The zero-order chi connectivity index (χ0) is 8.10. The second-order valence-electron chi connectivity index (χ2n) is 2.12. The first kappa shape index (κ1) is 7.62. The molecule has 0 aliphatic heterocycles. The highest BCUT2D eigenvalue weighted by atomic mass is 16.3. The van der Waals surface area contributed by atoms with Gasteiger partial charge in [-0.05, 0) is 6.07 Å². The van der Waals surface area contributed by atoms with Crippen LogP contribution in [-0.4, -0.2) is 6.29 Å². The normalized spacial score (nSPS) is 9.00. The molecule has 0 unspecified atom stereocenters. The van der Waals surface area contributed by atoms with Gasteiger partial charge in [0.25, 0.3) is 0 Å². The van der Waals surface area contributed by atoms with Gasteiger partial charge in [-0.1, -0.05) is 0 Å². The van der Waals surface area contributed by atoms with E-state index >= 15 is 0 Å². The van der Waals surface area contributed by atoms with Crippen LogP contribution in [0.4, 0.5) is 0 Å². The van der Waals surface area contributed by atoms with Crippen LogP contribution in [0.1, 0.15) is 22.5 Å². The smallest absolute Gasteiger partial charge is 0.153 e. The highest BCUT2D eigenvalue weighted by Crippen LogP contribution is 2.09. The zero-order valence-electron chi connectivity index (χ0n) is 6.04. The number of hydrogen-bond donors (Lipinski definition) is 0. The van der Waals surface area contributed by atoms with Crippen molar-refractivity contribution >= 4 is 6.29 Å². The van der Waals surface area contributed by atoms with E-state index in [2.05, 4.69) is 5.92 Å². The fraction of sp³-hybridized carbons (Fsp3) is 0.222. The molecule has 2 nitrogen and oxygen atoms in total. The third kappa shape index (κ3) is 1.71. The van der Waals surface area contributed by atoms with Crippen molar-refractivity contribution in [3.05, 3.63) is 23.7 Å². The van der Waals surface area contributed by atoms with Crippen LogP contribution in [0.5, 0.6) is 0 Å². The van der Waals surface area contributed by atoms with Gasteiger partial charge in [0.15, 0.2) is 6.29 Å². The van der Waals surface area contributed by atoms with Crippen molar-refractivity contribution in [3.8, 4) is 12.3 Å². The van der Waals surface area contributed by atoms with E-state index in [-0.39, 0.29) is 0 Å². The molecule has 0 spiro atoms. The summed E-state index contributed by atoms with van der Waals surface area (Å²) >= 11 is 0. The van der Waals surface area contributed by atoms with E-state index in [4.69, 9.17) is 10.8 Å². The molecule has 0 fully saturated rings. The van der Waals surface area contributed by atoms with Crippen LogP contribution in [0.15, 0.2) is 16.7 Å². The molecule has 0 aromatic carbocycles. The molecule has 0 saturated heterocycles. The van der Waals surface area contributed by atoms with E-state index in [1.54, 1.807) is 6.07 Å². The highest BCUT2D eigenvalue weighted by Gasteiger charge is 2.02. The van der Waals surface area contributed by atoms with E-state index in [1.165, 1.54) is 6.26 Å². The summed E-state index contributed by atoms with van der Waals surface area (Å²) in [6.07, 6.45) is 8.57. The van der Waals surface area contributed by atoms with Crippen LogP contribution in [-0.2, 0) is 6.42 Å². The first-order chi connectivity index (χ1) is 5.38. The van der Waals surface area contributed by atoms with Crippen LogP contribution < -0.4 is 0 Å². The Bertz CT molecular complexity index is 278. The summed E-state index contributed by atoms with van der Waals surface area (Å²) in [5.74, 6) is 3.16. The minimum absolute atomic E-state index is 0.597. The predicted octanol–water partition coefficient (Wildman–Crippen LogP) is 1.66. The number of carbonyl (C=O) groups excluding carboxylic acids is 1. The summed E-state index contributed by atoms with van der Waals surface area (Å²) < 4.78 is 5.03. The Labute approximate surface area is 65.2 Å². The second kappa shape index (κ2) is 3.62. The number of aryl methyl sites for hydroxylation is 1. The van der Waals surface area contributed by atoms with E-state index < -0.39 is 0 Å². The maximum Gasteiger partial charge on any atom is 0.153 e. The molecule has 0 saturated carbocycles. The third-order valence-corrected chi connectivity index (χ3v) is 1.40. The fourth-order valence-electron chi connectivity index (χ4n) is 0.844. The first-order valence-corrected chi connectivity index (χ1v) is 3.33. The van der Waals surface area contributed by atoms with Crippen molar-refractivity contribution in [1.29, 1.82) is 0 Å². The van der Waals surface area contributed by atoms with E-state index in [0.29, 0.717) is 24.2 Å². The molecule has 0 bridgehead atoms. The fourth-order valence-corrected chi connectivity index (χ4v) is 0.844. The lowest BCUT2D eigenvalue weighted by molar-refractivity contribution is 0.112. The Kier molecular flexibility index (Phi) is 2.51. The quantitative estimate of drug-likeness (QED) is 0.482. The number of hydrogen-bond acceptors (Lipinski definition) is 2. The minimum atomic E-state index is 0.597. The Morgan fingerprint density at radius 3 is 3.18 bits per heavy atom. The summed E-state index contributed by atoms with van der Waals surface area (Å²) in [4.78, 5) is 10.3. The van der Waals surface area contributed by atoms with Gasteiger partial charge in [0.05, 0.1) is 11.8 Å². The summed E-state index contributed by atoms with van der Waals surface area (Å²) in [5.41, 5.74) is 0.597. The average Bonchev–Trinajstić information content (AvgIpc) is 2.47. The van der Waals surface area contributed by atoms with Gasteiger partial charge in [-0.15, -0.1) is 12.3 Å². The number of carbonyl (C=O) groups is 1. The lowest BCUT2D eigenvalue weighted by atomic mass is 10.2. The van der Waals surface area contributed by atoms with Crippen molar-refractivity contribution in [1.82, 2.24) is 0 Å². The van der Waals surface area contributed by atoms with E-state index in [0.717, 1.165) is 6.29 Å². The number of furan rings is 1. The van der Waals surface area contributed by atoms with Crippen molar-refractivity contribution in [3.63, 3.8) is 0 Å². The molecule has 1 aromatic rings. The van der Waals surface area contributed by atoms with Crippen LogP contribution in [0.2, 0.25) is 0 Å². The molecule has 0 atom stereocenters. The molecule has 1 rings (SSSR count). The van der Waals surface area contributed by atoms with Crippen LogP contribution in [0.3, 0.4) is 0 Å². The minimum Gasteiger partial charge on any atom is -0.469 e. The van der Waals surface area contributed by atoms with Gasteiger partial charge in [0.1, 0.15) is 5.76 Å². The lowest BCUT2D eigenvalue weighted by Gasteiger charge is -1.90. The highest BCUT2D eigenvalue weighted by molar-refractivity contribution is 5.75. The van der Waals surface area contributed by atoms with E-state index in [9.17, 15) is 4.79 Å². The summed E-state index contributed by atoms with van der Waals surface area (Å²) in [6, 6.07) is 1.64. The van der Waals surface area contributed by atoms with Crippen molar-refractivity contribution in [2.45, 2.75) is 12.8 Å². The average molecular weight is 148 g/mol. The molecule has 56 valence electrons. The Balaban J connectivity index is 2.70. The monoisotopic (exact) mass is 148 g/mol. The van der Waals surface area contributed by atoms with Gasteiger partial charge in [-0.2, -0.15) is 0 Å². The van der Waals surface area contributed by atoms with Gasteiger partial charge in [-0.3, -0.25) is 4.79 Å². The maximum atomic E-state index is 10.3. The maximum absolute atomic E-state index is 10.3. The molecule has 1 heterocycles. The topological polar surface area (TPSA) is 30.2 Å². The molecule has 0 amide bonds. The molecule has 0 aliphatic carbocycles. The van der Waals surface area contributed by atoms with Gasteiger partial charge < -0.3 is 4.42 Å². The summed E-state index contributed by atoms with van der Waals surface area (Å²) in [6.45, 7) is 0. The van der Waals surface area contributed by atoms with Crippen LogP contribution in [0, 0.1) is 12.3 Å². The van der Waals surface area contributed by atoms with Gasteiger partial charge in [0.2, 0.25) is 0 Å². The van der Waals surface area contributed by atoms with Gasteiger partial charge >= 0.3 is 0 Å². The third-order valence-electron chi connectivity index (χ3n) is 1.40. The van der Waals surface area contributed by atoms with Crippen molar-refractivity contribution in [2.24, 2.45) is 0 Å². The number of rotatable bonds is 3. The Hall–Kier alpha value is -1.49. The zero-order valence-corrected chi connectivity index (χ0v) is 6.04. The SMILES string of the molecule is C#CCCc1occc1C=O. The number of aldehydes is 1. The first-order valence-electron chi connectivity index (χ1n) is 3.33. The molecule has 11 heavy (non-hydrogen) atoms. The van der Waals surface area contributed by atoms with E-state index in [1.807, 2.05) is 0 Å². The standard InChI is InChI=1S/C9H8O2/c1-2-3-4-9-8(7-10)5-6-11-9/h1,5-7H,3-4H2. The second-order valence-corrected chi connectivity index (χ2v) is 2.12. The number of terminal acetylenes is 1. The molecule has 2 heteroatoms. The van der Waals surface area contributed by atoms with Crippen LogP contribution in [0.25, 0.3) is 0 Å². The lowest BCUT2D eigenvalue weighted by Crippen LogP contribution is -1.85. The predicted molar refractivity (Wildman–Crippen MR) is 41.2 cm³/mol. The van der Waals surface area contributed by atoms with Crippen molar-refractivity contribution in [2.75, 3.05) is 0 Å². The Morgan fingerprint density at radius 2 is 2.55 bits per heavy atom. The largest absolute Gasteiger partial charge is 0.469 e. The molecule has 0 radical (unpaired) electrons. The molecular formula is C9H8O2. The Morgan fingerprint density at radius 1 is 1.73 bits per heavy atom. The molecule has 0 aliphatic rings. The van der Waals surface area contributed by atoms with Gasteiger partial charge in [-0.25, -0.2) is 0 Å². The molecule has 1 aromatic heterocycles. The van der Waals surface area contributed by atoms with Crippen LogP contribution >= 0.6 is 0 Å².